The maximum absolute atomic E-state index is 2.53. The topological polar surface area (TPSA) is 4.93 Å². The molecule has 5 aromatic carbocycles. The van der Waals surface area contributed by atoms with E-state index in [2.05, 4.69) is 137 Å². The zero-order chi connectivity index (χ0) is 26.8. The maximum Gasteiger partial charge on any atom is 0.0582 e. The number of hydrogen-bond donors (Lipinski definition) is 0. The number of hydrogen-bond acceptors (Lipinski definition) is 0. The Morgan fingerprint density at radius 2 is 1.28 bits per heavy atom. The Morgan fingerprint density at radius 1 is 0.538 bits per heavy atom. The Hall–Kier alpha value is -4.10. The first-order valence-corrected chi connectivity index (χ1v) is 14.1. The normalized spacial score (nSPS) is 15.8. The smallest absolute Gasteiger partial charge is 0.0582 e. The van der Waals surface area contributed by atoms with E-state index in [1.807, 2.05) is 0 Å². The lowest BCUT2D eigenvalue weighted by Crippen LogP contribution is -2.26. The van der Waals surface area contributed by atoms with E-state index < -0.39 is 0 Å². The zero-order valence-electron chi connectivity index (χ0n) is 23.6. The summed E-state index contributed by atoms with van der Waals surface area (Å²) < 4.78 is 2.53. The lowest BCUT2D eigenvalue weighted by Gasteiger charge is -2.35. The fraction of sp³-hybridized carbons (Fsp3) is 0.211. The fourth-order valence-corrected chi connectivity index (χ4v) is 7.77. The van der Waals surface area contributed by atoms with Crippen molar-refractivity contribution in [2.24, 2.45) is 0 Å². The van der Waals surface area contributed by atoms with E-state index in [0.29, 0.717) is 0 Å². The van der Waals surface area contributed by atoms with E-state index in [1.165, 1.54) is 83.1 Å². The molecule has 2 heterocycles. The molecule has 0 atom stereocenters. The lowest BCUT2D eigenvalue weighted by molar-refractivity contribution is 0.629. The number of aryl methyl sites for hydroxylation is 2. The van der Waals surface area contributed by atoms with Gasteiger partial charge >= 0.3 is 0 Å². The molecule has 0 unspecified atom stereocenters. The van der Waals surface area contributed by atoms with Crippen LogP contribution in [0.5, 0.6) is 0 Å². The molecule has 1 nitrogen and oxygen atoms in total. The second kappa shape index (κ2) is 7.30. The van der Waals surface area contributed by atoms with E-state index in [1.54, 1.807) is 0 Å². The van der Waals surface area contributed by atoms with Crippen LogP contribution >= 0.6 is 0 Å². The average Bonchev–Trinajstić information content (AvgIpc) is 3.36. The highest BCUT2D eigenvalue weighted by Crippen LogP contribution is 2.53. The largest absolute Gasteiger partial charge is 0.309 e. The van der Waals surface area contributed by atoms with Gasteiger partial charge < -0.3 is 4.57 Å². The summed E-state index contributed by atoms with van der Waals surface area (Å²) in [6.07, 6.45) is 0. The molecule has 1 heteroatoms. The molecule has 8 rings (SSSR count). The molecular formula is C38H33N. The van der Waals surface area contributed by atoms with E-state index in [4.69, 9.17) is 0 Å². The van der Waals surface area contributed by atoms with Crippen LogP contribution < -0.4 is 0 Å². The Bertz CT molecular complexity index is 2030. The molecule has 0 saturated carbocycles. The SMILES string of the molecule is Cc1ccc2c(c1)c1cc(C)cc3c1n2-c1ccc(-c2cccc4c2C(C)(C)c2ccccc2-4)cc1C3(C)C. The second-order valence-corrected chi connectivity index (χ2v) is 12.8. The minimum absolute atomic E-state index is 0.0433. The highest BCUT2D eigenvalue weighted by atomic mass is 15.0. The van der Waals surface area contributed by atoms with Gasteiger partial charge in [-0.2, -0.15) is 0 Å². The van der Waals surface area contributed by atoms with Crippen LogP contribution in [0.2, 0.25) is 0 Å². The van der Waals surface area contributed by atoms with Gasteiger partial charge in [0.2, 0.25) is 0 Å². The van der Waals surface area contributed by atoms with Crippen LogP contribution in [-0.4, -0.2) is 4.57 Å². The van der Waals surface area contributed by atoms with Gasteiger partial charge in [-0.25, -0.2) is 0 Å². The third-order valence-electron chi connectivity index (χ3n) is 9.64. The molecule has 2 aliphatic rings. The van der Waals surface area contributed by atoms with Crippen molar-refractivity contribution in [2.45, 2.75) is 52.4 Å². The van der Waals surface area contributed by atoms with Gasteiger partial charge in [0.05, 0.1) is 16.7 Å². The van der Waals surface area contributed by atoms with Gasteiger partial charge in [-0.15, -0.1) is 0 Å². The predicted molar refractivity (Wildman–Crippen MR) is 165 cm³/mol. The van der Waals surface area contributed by atoms with Crippen molar-refractivity contribution in [2.75, 3.05) is 0 Å². The van der Waals surface area contributed by atoms with Crippen molar-refractivity contribution in [1.82, 2.24) is 4.57 Å². The average molecular weight is 504 g/mol. The third kappa shape index (κ3) is 2.80. The van der Waals surface area contributed by atoms with Crippen molar-refractivity contribution in [3.63, 3.8) is 0 Å². The first-order chi connectivity index (χ1) is 18.7. The molecule has 0 radical (unpaired) electrons. The Kier molecular flexibility index (Phi) is 4.28. The minimum Gasteiger partial charge on any atom is -0.309 e. The monoisotopic (exact) mass is 503 g/mol. The van der Waals surface area contributed by atoms with Crippen LogP contribution in [0.25, 0.3) is 49.7 Å². The number of aromatic nitrogens is 1. The van der Waals surface area contributed by atoms with E-state index in [-0.39, 0.29) is 10.8 Å². The molecule has 1 aromatic heterocycles. The summed E-state index contributed by atoms with van der Waals surface area (Å²) in [7, 11) is 0. The molecule has 39 heavy (non-hydrogen) atoms. The van der Waals surface area contributed by atoms with Gasteiger partial charge in [-0.3, -0.25) is 0 Å². The first kappa shape index (κ1) is 22.8. The third-order valence-corrected chi connectivity index (χ3v) is 9.64. The van der Waals surface area contributed by atoms with E-state index in [9.17, 15) is 0 Å². The highest BCUT2D eigenvalue weighted by molar-refractivity contribution is 6.12. The van der Waals surface area contributed by atoms with Crippen molar-refractivity contribution in [1.29, 1.82) is 0 Å². The van der Waals surface area contributed by atoms with Crippen LogP contribution in [0.1, 0.15) is 61.1 Å². The van der Waals surface area contributed by atoms with Crippen molar-refractivity contribution in [3.8, 4) is 27.9 Å². The Morgan fingerprint density at radius 3 is 2.13 bits per heavy atom. The predicted octanol–water partition coefficient (Wildman–Crippen LogP) is 10.0. The molecule has 0 fully saturated rings. The van der Waals surface area contributed by atoms with Gasteiger partial charge in [0.25, 0.3) is 0 Å². The molecule has 190 valence electrons. The van der Waals surface area contributed by atoms with E-state index >= 15 is 0 Å². The van der Waals surface area contributed by atoms with Crippen molar-refractivity contribution in [3.05, 3.63) is 124 Å². The second-order valence-electron chi connectivity index (χ2n) is 12.8. The molecule has 0 bridgehead atoms. The minimum atomic E-state index is -0.120. The summed E-state index contributed by atoms with van der Waals surface area (Å²) in [5.41, 5.74) is 17.5. The maximum atomic E-state index is 2.53. The Labute approximate surface area is 230 Å². The first-order valence-electron chi connectivity index (χ1n) is 14.1. The molecule has 0 saturated heterocycles. The van der Waals surface area contributed by atoms with Crippen LogP contribution in [0, 0.1) is 13.8 Å². The number of benzene rings is 5. The number of rotatable bonds is 1. The van der Waals surface area contributed by atoms with Crippen LogP contribution in [-0.2, 0) is 10.8 Å². The summed E-state index contributed by atoms with van der Waals surface area (Å²) in [5, 5.41) is 2.72. The summed E-state index contributed by atoms with van der Waals surface area (Å²) in [4.78, 5) is 0. The van der Waals surface area contributed by atoms with Gasteiger partial charge in [0, 0.05) is 21.6 Å². The Balaban J connectivity index is 1.43. The molecule has 1 aliphatic carbocycles. The molecule has 0 spiro atoms. The highest BCUT2D eigenvalue weighted by Gasteiger charge is 2.39. The zero-order valence-corrected chi connectivity index (χ0v) is 23.6. The molecule has 1 aliphatic heterocycles. The van der Waals surface area contributed by atoms with E-state index in [0.717, 1.165) is 0 Å². The quantitative estimate of drug-likeness (QED) is 0.210. The van der Waals surface area contributed by atoms with Gasteiger partial charge in [-0.1, -0.05) is 99.5 Å². The van der Waals surface area contributed by atoms with Gasteiger partial charge in [0.15, 0.2) is 0 Å². The summed E-state index contributed by atoms with van der Waals surface area (Å²) in [6, 6.07) is 34.7. The van der Waals surface area contributed by atoms with Crippen molar-refractivity contribution >= 4 is 21.8 Å². The lowest BCUT2D eigenvalue weighted by atomic mass is 9.73. The number of nitrogens with zero attached hydrogens (tertiary/aromatic N) is 1. The standard InChI is InChI=1S/C38H33N/c1-22-14-16-33-28(18-22)29-19-23(2)20-32-36(29)39(33)34-17-15-24(21-31(34)37(32,3)4)25-11-9-12-27-26-10-7-8-13-30(26)38(5,6)35(25)27/h7-21H,1-6H3. The van der Waals surface area contributed by atoms with Crippen LogP contribution in [0.4, 0.5) is 0 Å². The molecule has 0 N–H and O–H groups in total. The summed E-state index contributed by atoms with van der Waals surface area (Å²) in [5.74, 6) is 0. The number of fused-ring (bicyclic) bond motifs is 8. The van der Waals surface area contributed by atoms with Crippen LogP contribution in [0.3, 0.4) is 0 Å². The van der Waals surface area contributed by atoms with Gasteiger partial charge in [-0.05, 0) is 88.7 Å². The molecular weight excluding hydrogens is 470 g/mol. The van der Waals surface area contributed by atoms with Crippen LogP contribution in [0.15, 0.2) is 91.0 Å². The molecule has 6 aromatic rings. The summed E-state index contributed by atoms with van der Waals surface area (Å²) >= 11 is 0. The fourth-order valence-electron chi connectivity index (χ4n) is 7.77. The van der Waals surface area contributed by atoms with Crippen molar-refractivity contribution < 1.29 is 0 Å². The van der Waals surface area contributed by atoms with Gasteiger partial charge in [0.1, 0.15) is 0 Å². The molecule has 0 amide bonds. The summed E-state index contributed by atoms with van der Waals surface area (Å²) in [6.45, 7) is 14.0.